The molecule has 0 fully saturated rings. The van der Waals surface area contributed by atoms with E-state index in [9.17, 15) is 22.9 Å². The number of aryl methyl sites for hydroxylation is 1. The fourth-order valence-corrected chi connectivity index (χ4v) is 3.92. The predicted octanol–water partition coefficient (Wildman–Crippen LogP) is 5.18. The molecule has 0 saturated carbocycles. The van der Waals surface area contributed by atoms with E-state index in [0.29, 0.717) is 21.8 Å². The first-order valence-electron chi connectivity index (χ1n) is 9.93. The molecule has 0 aliphatic rings. The second-order valence-electron chi connectivity index (χ2n) is 7.13. The first-order chi connectivity index (χ1) is 15.6. The Kier molecular flexibility index (Phi) is 7.75. The average molecular weight is 480 g/mol. The smallest absolute Gasteiger partial charge is 0.378 e. The Labute approximate surface area is 192 Å². The Balaban J connectivity index is 1.57. The van der Waals surface area contributed by atoms with Gasteiger partial charge in [0.05, 0.1) is 22.6 Å². The second-order valence-corrected chi connectivity index (χ2v) is 8.15. The van der Waals surface area contributed by atoms with Crippen LogP contribution in [0.1, 0.15) is 27.4 Å². The maximum Gasteiger partial charge on any atom is 0.416 e. The van der Waals surface area contributed by atoms with Crippen molar-refractivity contribution in [3.8, 4) is 0 Å². The van der Waals surface area contributed by atoms with Crippen LogP contribution < -0.4 is 10.6 Å². The summed E-state index contributed by atoms with van der Waals surface area (Å²) in [5, 5.41) is 9.51. The maximum atomic E-state index is 12.9. The molecular formula is C22H22F3N4O3S+. The van der Waals surface area contributed by atoms with Crippen LogP contribution in [0.15, 0.2) is 57.9 Å². The number of benzene rings is 2. The topological polar surface area (TPSA) is 87.2 Å². The number of hydrogen-bond donors (Lipinski definition) is 2. The summed E-state index contributed by atoms with van der Waals surface area (Å²) >= 11 is 1.44. The van der Waals surface area contributed by atoms with Crippen molar-refractivity contribution in [3.63, 3.8) is 0 Å². The molecule has 1 amide bonds. The van der Waals surface area contributed by atoms with Crippen molar-refractivity contribution in [1.29, 1.82) is 0 Å². The first-order valence-corrected chi connectivity index (χ1v) is 10.9. The number of anilines is 1. The number of amides is 1. The van der Waals surface area contributed by atoms with Crippen molar-refractivity contribution in [1.82, 2.24) is 10.5 Å². The molecule has 0 aliphatic heterocycles. The first kappa shape index (κ1) is 24.3. The third-order valence-corrected chi connectivity index (χ3v) is 5.66. The highest BCUT2D eigenvalue weighted by molar-refractivity contribution is 7.98. The van der Waals surface area contributed by atoms with Crippen molar-refractivity contribution in [2.45, 2.75) is 23.7 Å². The third-order valence-electron chi connectivity index (χ3n) is 4.57. The van der Waals surface area contributed by atoms with Gasteiger partial charge in [-0.15, -0.1) is 11.8 Å². The molecule has 3 rings (SSSR count). The summed E-state index contributed by atoms with van der Waals surface area (Å²) in [6.07, 6.45) is -4.55. The monoisotopic (exact) mass is 479 g/mol. The van der Waals surface area contributed by atoms with Crippen molar-refractivity contribution in [3.05, 3.63) is 76.0 Å². The quantitative estimate of drug-likeness (QED) is 0.250. The summed E-state index contributed by atoms with van der Waals surface area (Å²) in [5.74, 6) is 0.932. The van der Waals surface area contributed by atoms with Crippen LogP contribution in [0.5, 0.6) is 0 Å². The van der Waals surface area contributed by atoms with Crippen LogP contribution in [-0.2, 0) is 11.9 Å². The number of rotatable bonds is 9. The number of halogens is 3. The van der Waals surface area contributed by atoms with Crippen molar-refractivity contribution >= 4 is 29.0 Å². The van der Waals surface area contributed by atoms with Crippen LogP contribution in [-0.4, -0.2) is 36.0 Å². The lowest BCUT2D eigenvalue weighted by molar-refractivity contribution is -0.427. The lowest BCUT2D eigenvalue weighted by Gasteiger charge is -2.12. The number of aromatic nitrogens is 1. The molecule has 3 aromatic rings. The largest absolute Gasteiger partial charge is 0.416 e. The predicted molar refractivity (Wildman–Crippen MR) is 119 cm³/mol. The minimum atomic E-state index is -4.55. The Hall–Kier alpha value is -3.34. The zero-order chi connectivity index (χ0) is 24.0. The Bertz CT molecular complexity index is 1150. The minimum absolute atomic E-state index is 0.138. The number of carbonyl (C=O) groups is 1. The fourth-order valence-electron chi connectivity index (χ4n) is 3.00. The van der Waals surface area contributed by atoms with Gasteiger partial charge in [-0.25, -0.2) is 0 Å². The highest BCUT2D eigenvalue weighted by atomic mass is 32.2. The molecule has 0 atom stereocenters. The summed E-state index contributed by atoms with van der Waals surface area (Å²) in [7, 11) is 1.12. The van der Waals surface area contributed by atoms with Crippen molar-refractivity contribution < 1.29 is 27.2 Å². The second kappa shape index (κ2) is 10.5. The van der Waals surface area contributed by atoms with Crippen LogP contribution in [0.4, 0.5) is 24.5 Å². The highest BCUT2D eigenvalue weighted by Gasteiger charge is 2.33. The molecule has 174 valence electrons. The molecule has 0 spiro atoms. The molecular weight excluding hydrogens is 457 g/mol. The molecule has 11 heteroatoms. The summed E-state index contributed by atoms with van der Waals surface area (Å²) in [4.78, 5) is 25.1. The van der Waals surface area contributed by atoms with Gasteiger partial charge in [-0.1, -0.05) is 17.3 Å². The van der Waals surface area contributed by atoms with Gasteiger partial charge in [0.1, 0.15) is 11.4 Å². The number of alkyl halides is 3. The molecule has 2 aromatic carbocycles. The van der Waals surface area contributed by atoms with E-state index in [4.69, 9.17) is 4.52 Å². The molecule has 2 N–H and O–H groups in total. The van der Waals surface area contributed by atoms with Crippen molar-refractivity contribution in [2.75, 3.05) is 25.5 Å². The Morgan fingerprint density at radius 1 is 1.15 bits per heavy atom. The van der Waals surface area contributed by atoms with Gasteiger partial charge in [0.2, 0.25) is 0 Å². The van der Waals surface area contributed by atoms with E-state index >= 15 is 0 Å². The van der Waals surface area contributed by atoms with Gasteiger partial charge in [-0.2, -0.15) is 13.2 Å². The average Bonchev–Trinajstić information content (AvgIpc) is 3.19. The molecule has 7 nitrogen and oxygen atoms in total. The Morgan fingerprint density at radius 2 is 1.91 bits per heavy atom. The van der Waals surface area contributed by atoms with Gasteiger partial charge < -0.3 is 15.2 Å². The summed E-state index contributed by atoms with van der Waals surface area (Å²) < 4.78 is 44.3. The number of nitroso groups, excluding NO2 is 1. The molecule has 1 aromatic heterocycles. The van der Waals surface area contributed by atoms with Crippen LogP contribution in [0, 0.1) is 11.8 Å². The molecule has 0 aliphatic carbocycles. The van der Waals surface area contributed by atoms with E-state index in [-0.39, 0.29) is 30.4 Å². The van der Waals surface area contributed by atoms with E-state index in [0.717, 1.165) is 29.8 Å². The van der Waals surface area contributed by atoms with Gasteiger partial charge in [-0.3, -0.25) is 4.79 Å². The zero-order valence-corrected chi connectivity index (χ0v) is 18.7. The molecule has 0 saturated heterocycles. The summed E-state index contributed by atoms with van der Waals surface area (Å²) in [5.41, 5.74) is 0.471. The maximum absolute atomic E-state index is 12.9. The van der Waals surface area contributed by atoms with Crippen LogP contribution in [0.3, 0.4) is 0 Å². The van der Waals surface area contributed by atoms with Crippen LogP contribution in [0.25, 0.3) is 0 Å². The lowest BCUT2D eigenvalue weighted by Crippen LogP contribution is -2.29. The van der Waals surface area contributed by atoms with Gasteiger partial charge in [0.25, 0.3) is 11.6 Å². The number of nitrogens with zero attached hydrogens (tertiary/aromatic N) is 2. The summed E-state index contributed by atoms with van der Waals surface area (Å²) in [6.45, 7) is 2.24. The van der Waals surface area contributed by atoms with E-state index < -0.39 is 11.7 Å². The summed E-state index contributed by atoms with van der Waals surface area (Å²) in [6, 6.07) is 11.8. The molecule has 33 heavy (non-hydrogen) atoms. The highest BCUT2D eigenvalue weighted by Crippen LogP contribution is 2.34. The number of nitrogens with one attached hydrogen (secondary N) is 2. The van der Waals surface area contributed by atoms with Crippen molar-refractivity contribution in [2.24, 2.45) is 0 Å². The van der Waals surface area contributed by atoms with Gasteiger partial charge in [0, 0.05) is 39.8 Å². The van der Waals surface area contributed by atoms with E-state index in [2.05, 4.69) is 15.8 Å². The van der Waals surface area contributed by atoms with Crippen LogP contribution >= 0.6 is 11.8 Å². The third kappa shape index (κ3) is 6.58. The van der Waals surface area contributed by atoms with E-state index in [1.807, 2.05) is 25.1 Å². The number of thioether (sulfide) groups is 1. The number of hydrogen-bond acceptors (Lipinski definition) is 6. The molecule has 0 bridgehead atoms. The standard InChI is InChI=1S/C22H21F3N4O3S/c1-14-11-16(32-28-14)13-33-20-6-4-3-5-17(20)21(30)27-10-9-26-18-8-7-15(22(23,24)25)12-19(18)29(2)31/h3-8,11-12H,9-10,13H2,1-2H3,(H-,26,27,30,31)/p+1. The Morgan fingerprint density at radius 3 is 2.58 bits per heavy atom. The van der Waals surface area contributed by atoms with Gasteiger partial charge in [0.15, 0.2) is 7.05 Å². The fraction of sp³-hybridized carbons (Fsp3) is 0.273. The molecule has 0 unspecified atom stereocenters. The van der Waals surface area contributed by atoms with Gasteiger partial charge >= 0.3 is 6.18 Å². The minimum Gasteiger partial charge on any atom is -0.378 e. The normalized spacial score (nSPS) is 11.3. The van der Waals surface area contributed by atoms with Gasteiger partial charge in [-0.05, 0) is 31.2 Å². The number of carbonyl (C=O) groups excluding carboxylic acids is 1. The SMILES string of the molecule is Cc1cc(CSc2ccccc2C(=O)NCCNc2ccc(C(F)(F)F)cc2[N+](C)=O)on1. The molecule has 0 radical (unpaired) electrons. The van der Waals surface area contributed by atoms with E-state index in [1.165, 1.54) is 17.8 Å². The van der Waals surface area contributed by atoms with E-state index in [1.54, 1.807) is 12.1 Å². The van der Waals surface area contributed by atoms with Crippen LogP contribution in [0.2, 0.25) is 0 Å². The molecule has 1 heterocycles. The zero-order valence-electron chi connectivity index (χ0n) is 17.9. The lowest BCUT2D eigenvalue weighted by atomic mass is 10.1.